The summed E-state index contributed by atoms with van der Waals surface area (Å²) in [6, 6.07) is 0. The molecule has 4 rings (SSSR count). The number of hydrogen-bond acceptors (Lipinski definition) is 1. The van der Waals surface area contributed by atoms with Crippen molar-refractivity contribution in [2.24, 2.45) is 17.8 Å². The molecule has 0 unspecified atom stereocenters. The predicted molar refractivity (Wildman–Crippen MR) is 69.0 cm³/mol. The molecule has 1 amide bonds. The van der Waals surface area contributed by atoms with Gasteiger partial charge in [0.15, 0.2) is 0 Å². The molecule has 0 spiro atoms. The fourth-order valence-electron chi connectivity index (χ4n) is 4.99. The molecule has 4 saturated carbocycles. The maximum absolute atomic E-state index is 12.1. The van der Waals surface area contributed by atoms with Crippen LogP contribution in [0.5, 0.6) is 0 Å². The molecule has 0 N–H and O–H groups in total. The minimum absolute atomic E-state index is 0.206. The zero-order valence-electron chi connectivity index (χ0n) is 10.6. The highest BCUT2D eigenvalue weighted by molar-refractivity contribution is 6.18. The summed E-state index contributed by atoms with van der Waals surface area (Å²) in [5, 5.41) is 0. The van der Waals surface area contributed by atoms with Crippen molar-refractivity contribution in [2.45, 2.75) is 50.5 Å². The van der Waals surface area contributed by atoms with E-state index in [0.717, 1.165) is 17.8 Å². The summed E-state index contributed by atoms with van der Waals surface area (Å²) < 4.78 is 0. The van der Waals surface area contributed by atoms with Crippen molar-refractivity contribution in [1.29, 1.82) is 0 Å². The maximum Gasteiger partial charge on any atom is 0.223 e. The van der Waals surface area contributed by atoms with Crippen LogP contribution in [0.3, 0.4) is 0 Å². The molecule has 0 saturated heterocycles. The molecule has 0 aromatic heterocycles. The highest BCUT2D eigenvalue weighted by Gasteiger charge is 2.53. The molecule has 4 aliphatic carbocycles. The molecule has 0 aromatic carbocycles. The van der Waals surface area contributed by atoms with Gasteiger partial charge in [0.05, 0.1) is 0 Å². The van der Waals surface area contributed by atoms with Crippen LogP contribution in [0.2, 0.25) is 0 Å². The second-order valence-electron chi connectivity index (χ2n) is 6.53. The zero-order chi connectivity index (χ0) is 12.0. The van der Waals surface area contributed by atoms with Crippen molar-refractivity contribution < 1.29 is 4.79 Å². The van der Waals surface area contributed by atoms with Gasteiger partial charge in [-0.1, -0.05) is 0 Å². The fourth-order valence-corrected chi connectivity index (χ4v) is 5.15. The number of nitrogens with zero attached hydrogens (tertiary/aromatic N) is 1. The van der Waals surface area contributed by atoms with Crippen LogP contribution in [0.1, 0.15) is 44.9 Å². The second-order valence-corrected chi connectivity index (χ2v) is 6.91. The summed E-state index contributed by atoms with van der Waals surface area (Å²) in [5.41, 5.74) is 0.206. The Labute approximate surface area is 109 Å². The molecular formula is C14H22ClNO. The Kier molecular flexibility index (Phi) is 2.89. The van der Waals surface area contributed by atoms with Gasteiger partial charge >= 0.3 is 0 Å². The molecule has 4 bridgehead atoms. The summed E-state index contributed by atoms with van der Waals surface area (Å²) in [6.07, 6.45) is 8.54. The second kappa shape index (κ2) is 4.15. The molecule has 0 atom stereocenters. The Morgan fingerprint density at radius 3 is 2.06 bits per heavy atom. The van der Waals surface area contributed by atoms with Gasteiger partial charge in [0, 0.05) is 24.9 Å². The van der Waals surface area contributed by atoms with E-state index in [9.17, 15) is 4.79 Å². The van der Waals surface area contributed by atoms with Crippen LogP contribution in [0.15, 0.2) is 0 Å². The number of carbonyl (C=O) groups is 1. The first-order valence-electron chi connectivity index (χ1n) is 6.95. The molecular weight excluding hydrogens is 234 g/mol. The molecule has 3 heteroatoms. The first-order chi connectivity index (χ1) is 8.13. The van der Waals surface area contributed by atoms with Gasteiger partial charge in [-0.2, -0.15) is 0 Å². The van der Waals surface area contributed by atoms with Crippen molar-refractivity contribution in [3.8, 4) is 0 Å². The minimum atomic E-state index is 0.206. The van der Waals surface area contributed by atoms with Crippen molar-refractivity contribution in [3.05, 3.63) is 0 Å². The van der Waals surface area contributed by atoms with Gasteiger partial charge < -0.3 is 4.90 Å². The van der Waals surface area contributed by atoms with Crippen LogP contribution in [0.25, 0.3) is 0 Å². The highest BCUT2D eigenvalue weighted by atomic mass is 35.5. The molecule has 17 heavy (non-hydrogen) atoms. The Hall–Kier alpha value is -0.240. The topological polar surface area (TPSA) is 20.3 Å². The Morgan fingerprint density at radius 1 is 1.18 bits per heavy atom. The Balaban J connectivity index is 1.79. The van der Waals surface area contributed by atoms with E-state index >= 15 is 0 Å². The van der Waals surface area contributed by atoms with Crippen molar-refractivity contribution in [2.75, 3.05) is 12.9 Å². The standard InChI is InChI=1S/C14H22ClNO/c1-16(13(17)2-3-15)14-7-10-4-11(8-14)6-12(5-10)9-14/h10-12H,2-9H2,1H3. The SMILES string of the molecule is CN(C(=O)CCCl)C12CC3CC(CC(C3)C1)C2. The quantitative estimate of drug-likeness (QED) is 0.710. The van der Waals surface area contributed by atoms with Crippen LogP contribution < -0.4 is 0 Å². The van der Waals surface area contributed by atoms with Crippen LogP contribution in [0.4, 0.5) is 0 Å². The van der Waals surface area contributed by atoms with Crippen LogP contribution in [-0.4, -0.2) is 29.3 Å². The number of rotatable bonds is 3. The third-order valence-corrected chi connectivity index (χ3v) is 5.59. The Morgan fingerprint density at radius 2 is 1.65 bits per heavy atom. The highest BCUT2D eigenvalue weighted by Crippen LogP contribution is 2.57. The van der Waals surface area contributed by atoms with Crippen LogP contribution in [-0.2, 0) is 4.79 Å². The number of alkyl halides is 1. The summed E-state index contributed by atoms with van der Waals surface area (Å²) in [4.78, 5) is 14.2. The van der Waals surface area contributed by atoms with E-state index in [-0.39, 0.29) is 11.4 Å². The third-order valence-electron chi connectivity index (χ3n) is 5.40. The van der Waals surface area contributed by atoms with Gasteiger partial charge in [-0.15, -0.1) is 11.6 Å². The smallest absolute Gasteiger partial charge is 0.223 e. The van der Waals surface area contributed by atoms with Gasteiger partial charge in [0.2, 0.25) is 5.91 Å². The largest absolute Gasteiger partial charge is 0.340 e. The van der Waals surface area contributed by atoms with Crippen LogP contribution >= 0.6 is 11.6 Å². The minimum Gasteiger partial charge on any atom is -0.340 e. The molecule has 0 aromatic rings. The normalized spacial score (nSPS) is 42.8. The van der Waals surface area contributed by atoms with Crippen molar-refractivity contribution in [3.63, 3.8) is 0 Å². The van der Waals surface area contributed by atoms with Gasteiger partial charge in [0.1, 0.15) is 0 Å². The van der Waals surface area contributed by atoms with E-state index in [4.69, 9.17) is 11.6 Å². The zero-order valence-corrected chi connectivity index (χ0v) is 11.4. The number of halogens is 1. The maximum atomic E-state index is 12.1. The summed E-state index contributed by atoms with van der Waals surface area (Å²) in [6.45, 7) is 0. The molecule has 0 aliphatic heterocycles. The molecule has 0 heterocycles. The van der Waals surface area contributed by atoms with E-state index in [0.29, 0.717) is 12.3 Å². The van der Waals surface area contributed by atoms with E-state index in [2.05, 4.69) is 4.90 Å². The molecule has 0 radical (unpaired) electrons. The number of hydrogen-bond donors (Lipinski definition) is 0. The first-order valence-corrected chi connectivity index (χ1v) is 7.49. The van der Waals surface area contributed by atoms with E-state index in [1.165, 1.54) is 38.5 Å². The predicted octanol–water partition coefficient (Wildman–Crippen LogP) is 3.04. The lowest BCUT2D eigenvalue weighted by atomic mass is 9.52. The molecule has 4 aliphatic rings. The van der Waals surface area contributed by atoms with Crippen LogP contribution in [0, 0.1) is 17.8 Å². The monoisotopic (exact) mass is 255 g/mol. The molecule has 96 valence electrons. The average Bonchev–Trinajstić information content (AvgIpc) is 2.26. The first kappa shape index (κ1) is 11.8. The van der Waals surface area contributed by atoms with Gasteiger partial charge in [-0.05, 0) is 56.3 Å². The van der Waals surface area contributed by atoms with Gasteiger partial charge in [-0.3, -0.25) is 4.79 Å². The molecule has 2 nitrogen and oxygen atoms in total. The lowest BCUT2D eigenvalue weighted by Crippen LogP contribution is -2.60. The number of amides is 1. The third kappa shape index (κ3) is 1.89. The Bertz CT molecular complexity index is 293. The summed E-state index contributed by atoms with van der Waals surface area (Å²) in [7, 11) is 2.02. The lowest BCUT2D eigenvalue weighted by molar-refractivity contribution is -0.146. The van der Waals surface area contributed by atoms with E-state index in [1.54, 1.807) is 0 Å². The molecule has 4 fully saturated rings. The fraction of sp³-hybridized carbons (Fsp3) is 0.929. The average molecular weight is 256 g/mol. The number of carbonyl (C=O) groups excluding carboxylic acids is 1. The van der Waals surface area contributed by atoms with Gasteiger partial charge in [-0.25, -0.2) is 0 Å². The van der Waals surface area contributed by atoms with E-state index < -0.39 is 0 Å². The van der Waals surface area contributed by atoms with Gasteiger partial charge in [0.25, 0.3) is 0 Å². The summed E-state index contributed by atoms with van der Waals surface area (Å²) in [5.74, 6) is 3.39. The lowest BCUT2D eigenvalue weighted by Gasteiger charge is -2.59. The van der Waals surface area contributed by atoms with Crippen molar-refractivity contribution in [1.82, 2.24) is 4.90 Å². The summed E-state index contributed by atoms with van der Waals surface area (Å²) >= 11 is 5.70. The van der Waals surface area contributed by atoms with Crippen molar-refractivity contribution >= 4 is 17.5 Å². The van der Waals surface area contributed by atoms with E-state index in [1.807, 2.05) is 7.05 Å².